The topological polar surface area (TPSA) is 60.7 Å². The van der Waals surface area contributed by atoms with E-state index in [4.69, 9.17) is 0 Å². The van der Waals surface area contributed by atoms with Crippen molar-refractivity contribution < 1.29 is 15.3 Å². The maximum absolute atomic E-state index is 9.37. The van der Waals surface area contributed by atoms with Crippen molar-refractivity contribution in [2.75, 3.05) is 0 Å². The van der Waals surface area contributed by atoms with E-state index in [2.05, 4.69) is 32.9 Å². The first-order chi connectivity index (χ1) is 14.1. The lowest BCUT2D eigenvalue weighted by atomic mass is 9.50. The Hall–Kier alpha value is -0.640. The van der Waals surface area contributed by atoms with E-state index in [1.165, 1.54) is 51.4 Å². The van der Waals surface area contributed by atoms with Gasteiger partial charge in [-0.05, 0) is 85.9 Å². The largest absolute Gasteiger partial charge is 0.343 e. The van der Waals surface area contributed by atoms with Crippen LogP contribution in [0, 0.1) is 40.4 Å². The number of rotatable bonds is 6. The zero-order valence-corrected chi connectivity index (χ0v) is 19.7. The molecule has 4 aliphatic rings. The van der Waals surface area contributed by atoms with Gasteiger partial charge in [-0.2, -0.15) is 0 Å². The van der Waals surface area contributed by atoms with Gasteiger partial charge in [0.15, 0.2) is 0 Å². The molecule has 0 amide bonds. The van der Waals surface area contributed by atoms with Crippen LogP contribution >= 0.6 is 0 Å². The molecule has 0 aromatic rings. The third-order valence-corrected chi connectivity index (χ3v) is 10.2. The second-order valence-electron chi connectivity index (χ2n) is 11.8. The predicted octanol–water partition coefficient (Wildman–Crippen LogP) is 5.95. The van der Waals surface area contributed by atoms with Gasteiger partial charge in [-0.3, -0.25) is 0 Å². The number of hydrogen-bond donors (Lipinski definition) is 3. The lowest BCUT2D eigenvalue weighted by Crippen LogP contribution is -2.45. The summed E-state index contributed by atoms with van der Waals surface area (Å²) in [6.45, 7) is 9.27. The van der Waals surface area contributed by atoms with Crippen molar-refractivity contribution in [1.29, 1.82) is 0 Å². The molecule has 3 fully saturated rings. The van der Waals surface area contributed by atoms with Crippen molar-refractivity contribution >= 4 is 0 Å². The minimum Gasteiger partial charge on any atom is -0.343 e. The Balaban J connectivity index is 1.45. The van der Waals surface area contributed by atoms with E-state index in [9.17, 15) is 15.3 Å². The summed E-state index contributed by atoms with van der Waals surface area (Å²) >= 11 is 0. The van der Waals surface area contributed by atoms with Crippen LogP contribution in [0.5, 0.6) is 0 Å². The molecule has 0 heterocycles. The average Bonchev–Trinajstić information content (AvgIpc) is 3.04. The van der Waals surface area contributed by atoms with E-state index in [1.54, 1.807) is 18.1 Å². The van der Waals surface area contributed by atoms with Crippen LogP contribution in [-0.2, 0) is 0 Å². The second-order valence-corrected chi connectivity index (χ2v) is 11.8. The number of fused-ring (bicyclic) bond motifs is 5. The Bertz CT molecular complexity index is 701. The fourth-order valence-corrected chi connectivity index (χ4v) is 8.15. The van der Waals surface area contributed by atoms with E-state index in [0.717, 1.165) is 30.6 Å². The first-order valence-electron chi connectivity index (χ1n) is 12.7. The number of allylic oxidation sites excluding steroid dienone is 4. The van der Waals surface area contributed by atoms with Crippen LogP contribution in [-0.4, -0.2) is 21.3 Å². The fourth-order valence-electron chi connectivity index (χ4n) is 8.15. The molecule has 0 bridgehead atoms. The molecule has 30 heavy (non-hydrogen) atoms. The highest BCUT2D eigenvalue weighted by molar-refractivity contribution is 5.38. The molecule has 7 atom stereocenters. The zero-order chi connectivity index (χ0) is 21.7. The van der Waals surface area contributed by atoms with Gasteiger partial charge < -0.3 is 15.3 Å². The molecule has 0 aromatic heterocycles. The standard InChI is InChI=1S/C27H44O3/c1-18(8-7-9-19(2)27(28,29)30)22-13-14-23-21-12-11-20-10-5-6-16-25(20,3)24(21)15-17-26(22,23)4/h11-12,18-19,22-24,28-30H,5-10,13-17H2,1-4H3/t18-,19?,22-,23+,24+,25+,26-/m1/s1. The number of hydrogen-bond acceptors (Lipinski definition) is 3. The monoisotopic (exact) mass is 416 g/mol. The third-order valence-electron chi connectivity index (χ3n) is 10.2. The van der Waals surface area contributed by atoms with Crippen LogP contribution in [0.1, 0.15) is 98.3 Å². The van der Waals surface area contributed by atoms with Crippen molar-refractivity contribution in [3.8, 4) is 0 Å². The third kappa shape index (κ3) is 3.73. The molecule has 0 aromatic carbocycles. The lowest BCUT2D eigenvalue weighted by Gasteiger charge is -2.54. The Labute approximate surface area is 183 Å². The van der Waals surface area contributed by atoms with E-state index in [0.29, 0.717) is 23.2 Å². The van der Waals surface area contributed by atoms with Gasteiger partial charge in [-0.15, -0.1) is 0 Å². The van der Waals surface area contributed by atoms with E-state index < -0.39 is 11.9 Å². The van der Waals surface area contributed by atoms with Gasteiger partial charge in [0.1, 0.15) is 0 Å². The Morgan fingerprint density at radius 2 is 1.73 bits per heavy atom. The normalized spacial score (nSPS) is 40.6. The first-order valence-corrected chi connectivity index (χ1v) is 12.7. The minimum absolute atomic E-state index is 0.415. The molecule has 0 aliphatic heterocycles. The molecule has 3 nitrogen and oxygen atoms in total. The summed E-state index contributed by atoms with van der Waals surface area (Å²) in [6, 6.07) is 0. The van der Waals surface area contributed by atoms with Crippen LogP contribution in [0.2, 0.25) is 0 Å². The SMILES string of the molecule is CC(CCC[C@@H](C)[C@H]1CC[C@H]2C3=CC=C4CCCC[C@]4(C)[C@H]3CC[C@]12C)C(O)(O)O. The summed E-state index contributed by atoms with van der Waals surface area (Å²) in [4.78, 5) is 0. The molecule has 3 N–H and O–H groups in total. The highest BCUT2D eigenvalue weighted by Crippen LogP contribution is 2.66. The molecule has 0 saturated heterocycles. The lowest BCUT2D eigenvalue weighted by molar-refractivity contribution is -0.340. The maximum atomic E-state index is 9.37. The van der Waals surface area contributed by atoms with E-state index in [1.807, 2.05) is 0 Å². The molecule has 0 radical (unpaired) electrons. The van der Waals surface area contributed by atoms with Crippen LogP contribution in [0.4, 0.5) is 0 Å². The molecule has 0 spiro atoms. The summed E-state index contributed by atoms with van der Waals surface area (Å²) in [7, 11) is 0. The van der Waals surface area contributed by atoms with Gasteiger partial charge in [0.2, 0.25) is 0 Å². The van der Waals surface area contributed by atoms with Crippen LogP contribution in [0.15, 0.2) is 23.3 Å². The highest BCUT2D eigenvalue weighted by Gasteiger charge is 2.56. The van der Waals surface area contributed by atoms with Gasteiger partial charge in [-0.25, -0.2) is 0 Å². The summed E-state index contributed by atoms with van der Waals surface area (Å²) < 4.78 is 0. The Morgan fingerprint density at radius 3 is 2.47 bits per heavy atom. The van der Waals surface area contributed by atoms with Crippen LogP contribution in [0.25, 0.3) is 0 Å². The highest BCUT2D eigenvalue weighted by atomic mass is 16.7. The average molecular weight is 417 g/mol. The minimum atomic E-state index is -2.54. The second kappa shape index (κ2) is 8.05. The summed E-state index contributed by atoms with van der Waals surface area (Å²) in [6.07, 6.45) is 18.6. The molecule has 3 saturated carbocycles. The summed E-state index contributed by atoms with van der Waals surface area (Å²) in [5.74, 6) is -0.115. The van der Waals surface area contributed by atoms with E-state index in [-0.39, 0.29) is 0 Å². The van der Waals surface area contributed by atoms with Gasteiger partial charge in [0.25, 0.3) is 5.97 Å². The van der Waals surface area contributed by atoms with Gasteiger partial charge in [0.05, 0.1) is 0 Å². The Morgan fingerprint density at radius 1 is 0.967 bits per heavy atom. The molecule has 1 unspecified atom stereocenters. The summed E-state index contributed by atoms with van der Waals surface area (Å²) in [5.41, 5.74) is 4.36. The predicted molar refractivity (Wildman–Crippen MR) is 121 cm³/mol. The molecule has 3 heteroatoms. The fraction of sp³-hybridized carbons (Fsp3) is 0.852. The molecular formula is C27H44O3. The van der Waals surface area contributed by atoms with Gasteiger partial charge in [-0.1, -0.05) is 70.3 Å². The van der Waals surface area contributed by atoms with Gasteiger partial charge in [0, 0.05) is 5.92 Å². The van der Waals surface area contributed by atoms with Crippen LogP contribution in [0.3, 0.4) is 0 Å². The van der Waals surface area contributed by atoms with Crippen LogP contribution < -0.4 is 0 Å². The maximum Gasteiger partial charge on any atom is 0.277 e. The first kappa shape index (κ1) is 22.6. The molecule has 4 rings (SSSR count). The molecule has 170 valence electrons. The van der Waals surface area contributed by atoms with Crippen molar-refractivity contribution in [1.82, 2.24) is 0 Å². The molecular weight excluding hydrogens is 372 g/mol. The van der Waals surface area contributed by atoms with Crippen molar-refractivity contribution in [2.24, 2.45) is 40.4 Å². The smallest absolute Gasteiger partial charge is 0.277 e. The zero-order valence-electron chi connectivity index (χ0n) is 19.7. The van der Waals surface area contributed by atoms with Crippen molar-refractivity contribution in [3.63, 3.8) is 0 Å². The van der Waals surface area contributed by atoms with Crippen molar-refractivity contribution in [2.45, 2.75) is 104 Å². The molecule has 4 aliphatic carbocycles. The van der Waals surface area contributed by atoms with E-state index >= 15 is 0 Å². The summed E-state index contributed by atoms with van der Waals surface area (Å²) in [5, 5.41) is 28.1. The Kier molecular flexibility index (Phi) is 6.05. The van der Waals surface area contributed by atoms with Crippen molar-refractivity contribution in [3.05, 3.63) is 23.3 Å². The quantitative estimate of drug-likeness (QED) is 0.469. The van der Waals surface area contributed by atoms with Gasteiger partial charge >= 0.3 is 0 Å². The number of aliphatic hydroxyl groups is 3.